The fourth-order valence-corrected chi connectivity index (χ4v) is 3.86. The number of benzene rings is 1. The van der Waals surface area contributed by atoms with Crippen LogP contribution < -0.4 is 16.9 Å². The maximum absolute atomic E-state index is 12.6. The molecular formula is C22H24N6O3S. The lowest BCUT2D eigenvalue weighted by Crippen LogP contribution is -2.29. The maximum Gasteiger partial charge on any atom is 0.293 e. The summed E-state index contributed by atoms with van der Waals surface area (Å²) < 4.78 is 0. The van der Waals surface area contributed by atoms with Gasteiger partial charge in [0, 0.05) is 36.1 Å². The van der Waals surface area contributed by atoms with Gasteiger partial charge in [0.15, 0.2) is 0 Å². The highest BCUT2D eigenvalue weighted by atomic mass is 32.2. The summed E-state index contributed by atoms with van der Waals surface area (Å²) >= 11 is 0.895. The van der Waals surface area contributed by atoms with E-state index < -0.39 is 0 Å². The van der Waals surface area contributed by atoms with Gasteiger partial charge in [-0.15, -0.1) is 0 Å². The predicted octanol–water partition coefficient (Wildman–Crippen LogP) is 2.68. The van der Waals surface area contributed by atoms with Gasteiger partial charge in [0.2, 0.25) is 5.91 Å². The lowest BCUT2D eigenvalue weighted by molar-refractivity contribution is -0.123. The molecule has 0 saturated carbocycles. The molecule has 2 aromatic rings. The molecule has 0 bridgehead atoms. The van der Waals surface area contributed by atoms with E-state index in [1.165, 1.54) is 4.90 Å². The molecule has 2 heterocycles. The van der Waals surface area contributed by atoms with E-state index in [9.17, 15) is 14.4 Å². The first kappa shape index (κ1) is 23.0. The van der Waals surface area contributed by atoms with Gasteiger partial charge in [0.05, 0.1) is 4.91 Å². The number of nitrogens with zero attached hydrogens (tertiary/aromatic N) is 3. The largest absolute Gasteiger partial charge is 0.382 e. The third-order valence-electron chi connectivity index (χ3n) is 4.77. The van der Waals surface area contributed by atoms with Crippen LogP contribution in [0.5, 0.6) is 0 Å². The number of hydrogen-bond donors (Lipinski definition) is 3. The monoisotopic (exact) mass is 452 g/mol. The summed E-state index contributed by atoms with van der Waals surface area (Å²) in [4.78, 5) is 42.8. The molecule has 5 N–H and O–H groups in total. The lowest BCUT2D eigenvalue weighted by Gasteiger charge is -2.12. The van der Waals surface area contributed by atoms with Crippen molar-refractivity contribution in [3.8, 4) is 0 Å². The fraction of sp³-hybridized carbons (Fsp3) is 0.227. The minimum Gasteiger partial charge on any atom is -0.382 e. The van der Waals surface area contributed by atoms with Crippen molar-refractivity contribution >= 4 is 46.4 Å². The smallest absolute Gasteiger partial charge is 0.293 e. The first-order valence-corrected chi connectivity index (χ1v) is 10.9. The number of nitrogens with one attached hydrogen (secondary N) is 1. The van der Waals surface area contributed by atoms with E-state index >= 15 is 0 Å². The Balaban J connectivity index is 1.50. The molecule has 1 saturated heterocycles. The second-order valence-corrected chi connectivity index (χ2v) is 8.01. The molecular weight excluding hydrogens is 428 g/mol. The van der Waals surface area contributed by atoms with Gasteiger partial charge >= 0.3 is 0 Å². The maximum atomic E-state index is 12.6. The Morgan fingerprint density at radius 2 is 1.97 bits per heavy atom. The molecule has 0 atom stereocenters. The summed E-state index contributed by atoms with van der Waals surface area (Å²) in [7, 11) is 0. The zero-order chi connectivity index (χ0) is 23.1. The van der Waals surface area contributed by atoms with Crippen LogP contribution in [0.4, 0.5) is 10.5 Å². The molecule has 0 aliphatic carbocycles. The second kappa shape index (κ2) is 10.6. The van der Waals surface area contributed by atoms with Gasteiger partial charge in [0.25, 0.3) is 11.1 Å². The Kier molecular flexibility index (Phi) is 7.61. The Bertz CT molecular complexity index is 1060. The van der Waals surface area contributed by atoms with Crippen molar-refractivity contribution in [2.45, 2.75) is 26.2 Å². The molecule has 32 heavy (non-hydrogen) atoms. The summed E-state index contributed by atoms with van der Waals surface area (Å²) in [6.45, 7) is 2.18. The highest BCUT2D eigenvalue weighted by Gasteiger charge is 2.34. The number of hydrogen-bond acceptors (Lipinski definition) is 7. The molecule has 1 aromatic carbocycles. The van der Waals surface area contributed by atoms with Gasteiger partial charge in [-0.05, 0) is 66.6 Å². The van der Waals surface area contributed by atoms with Gasteiger partial charge in [-0.2, -0.15) is 5.10 Å². The van der Waals surface area contributed by atoms with Crippen molar-refractivity contribution < 1.29 is 14.4 Å². The van der Waals surface area contributed by atoms with Gasteiger partial charge in [-0.25, -0.2) is 0 Å². The third-order valence-corrected chi connectivity index (χ3v) is 5.68. The number of hydrazone groups is 1. The minimum atomic E-state index is -0.352. The zero-order valence-electron chi connectivity index (χ0n) is 17.6. The molecule has 166 valence electrons. The van der Waals surface area contributed by atoms with Crippen LogP contribution in [0.15, 0.2) is 52.6 Å². The van der Waals surface area contributed by atoms with Crippen LogP contribution in [0.1, 0.15) is 36.6 Å². The van der Waals surface area contributed by atoms with Crippen LogP contribution >= 0.6 is 11.8 Å². The average Bonchev–Trinajstić information content (AvgIpc) is 3.06. The van der Waals surface area contributed by atoms with Crippen molar-refractivity contribution in [2.75, 3.05) is 11.9 Å². The van der Waals surface area contributed by atoms with E-state index in [4.69, 9.17) is 11.6 Å². The molecule has 10 heteroatoms. The van der Waals surface area contributed by atoms with Crippen molar-refractivity contribution in [3.05, 3.63) is 64.3 Å². The SMILES string of the molecule is CCc1ccc(/C=C2\SC(=O)N(CCCC(=O)Nc3ccc(/C(N)=N/N)cc3)C2=O)cn1. The molecule has 9 nitrogen and oxygen atoms in total. The Labute approximate surface area is 189 Å². The van der Waals surface area contributed by atoms with Gasteiger partial charge < -0.3 is 16.9 Å². The van der Waals surface area contributed by atoms with E-state index in [0.717, 1.165) is 29.4 Å². The van der Waals surface area contributed by atoms with Crippen molar-refractivity contribution in [2.24, 2.45) is 16.7 Å². The number of nitrogens with two attached hydrogens (primary N) is 2. The first-order valence-electron chi connectivity index (χ1n) is 10.0. The summed E-state index contributed by atoms with van der Waals surface area (Å²) in [6, 6.07) is 10.5. The van der Waals surface area contributed by atoms with Crippen LogP contribution in [0.3, 0.4) is 0 Å². The van der Waals surface area contributed by atoms with Crippen LogP contribution in [0, 0.1) is 0 Å². The van der Waals surface area contributed by atoms with E-state index in [1.54, 1.807) is 36.5 Å². The molecule has 0 spiro atoms. The number of aryl methyl sites for hydroxylation is 1. The third kappa shape index (κ3) is 5.73. The van der Waals surface area contributed by atoms with Crippen LogP contribution in [-0.4, -0.2) is 39.3 Å². The fourth-order valence-electron chi connectivity index (χ4n) is 2.99. The minimum absolute atomic E-state index is 0.164. The normalized spacial score (nSPS) is 15.5. The number of amidine groups is 1. The van der Waals surface area contributed by atoms with E-state index in [0.29, 0.717) is 22.6 Å². The standard InChI is InChI=1S/C22H24N6O3S/c1-2-16-8-5-14(13-25-16)12-18-21(30)28(22(31)32-18)11-3-4-19(29)26-17-9-6-15(7-10-17)20(23)27-24/h5-10,12-13H,2-4,11,24H2,1H3,(H2,23,27)(H,26,29)/b18-12-. The highest BCUT2D eigenvalue weighted by Crippen LogP contribution is 2.32. The molecule has 1 aliphatic rings. The van der Waals surface area contributed by atoms with E-state index in [2.05, 4.69) is 15.4 Å². The molecule has 0 unspecified atom stereocenters. The predicted molar refractivity (Wildman–Crippen MR) is 126 cm³/mol. The number of amides is 3. The number of carbonyl (C=O) groups is 3. The average molecular weight is 453 g/mol. The number of anilines is 1. The first-order chi connectivity index (χ1) is 15.4. The van der Waals surface area contributed by atoms with E-state index in [-0.39, 0.29) is 35.9 Å². The lowest BCUT2D eigenvalue weighted by atomic mass is 10.2. The number of rotatable bonds is 8. The van der Waals surface area contributed by atoms with Crippen LogP contribution in [0.2, 0.25) is 0 Å². The number of carbonyl (C=O) groups excluding carboxylic acids is 3. The summed E-state index contributed by atoms with van der Waals surface area (Å²) in [6.07, 6.45) is 4.69. The molecule has 0 radical (unpaired) electrons. The molecule has 1 fully saturated rings. The molecule has 1 aromatic heterocycles. The van der Waals surface area contributed by atoms with E-state index in [1.807, 2.05) is 19.1 Å². The molecule has 3 rings (SSSR count). The van der Waals surface area contributed by atoms with Gasteiger partial charge in [-0.3, -0.25) is 24.3 Å². The summed E-state index contributed by atoms with van der Waals surface area (Å²) in [5.74, 6) is 4.77. The number of imide groups is 1. The summed E-state index contributed by atoms with van der Waals surface area (Å²) in [5, 5.41) is 5.84. The van der Waals surface area contributed by atoms with Gasteiger partial charge in [-0.1, -0.05) is 13.0 Å². The Morgan fingerprint density at radius 1 is 1.22 bits per heavy atom. The highest BCUT2D eigenvalue weighted by molar-refractivity contribution is 8.18. The molecule has 1 aliphatic heterocycles. The quantitative estimate of drug-likeness (QED) is 0.184. The van der Waals surface area contributed by atoms with Crippen LogP contribution in [-0.2, 0) is 16.0 Å². The van der Waals surface area contributed by atoms with Crippen molar-refractivity contribution in [3.63, 3.8) is 0 Å². The number of aromatic nitrogens is 1. The Hall–Kier alpha value is -3.66. The number of pyridine rings is 1. The molecule has 3 amide bonds. The van der Waals surface area contributed by atoms with Crippen molar-refractivity contribution in [1.29, 1.82) is 0 Å². The van der Waals surface area contributed by atoms with Crippen LogP contribution in [0.25, 0.3) is 6.08 Å². The second-order valence-electron chi connectivity index (χ2n) is 7.01. The van der Waals surface area contributed by atoms with Crippen molar-refractivity contribution in [1.82, 2.24) is 9.88 Å². The topological polar surface area (TPSA) is 144 Å². The number of thioether (sulfide) groups is 1. The Morgan fingerprint density at radius 3 is 2.59 bits per heavy atom. The summed E-state index contributed by atoms with van der Waals surface area (Å²) in [5.41, 5.74) is 8.59. The zero-order valence-corrected chi connectivity index (χ0v) is 18.4. The van der Waals surface area contributed by atoms with Gasteiger partial charge in [0.1, 0.15) is 5.84 Å².